The number of hydrogen-bond donors (Lipinski definition) is 1. The van der Waals surface area contributed by atoms with Crippen LogP contribution in [0.2, 0.25) is 0 Å². The number of nitrogens with zero attached hydrogens (tertiary/aromatic N) is 3. The molecule has 0 bridgehead atoms. The van der Waals surface area contributed by atoms with Gasteiger partial charge in [-0.15, -0.1) is 11.8 Å². The van der Waals surface area contributed by atoms with Crippen molar-refractivity contribution in [2.75, 3.05) is 32.5 Å². The van der Waals surface area contributed by atoms with Gasteiger partial charge in [0.2, 0.25) is 0 Å². The highest BCUT2D eigenvalue weighted by atomic mass is 32.2. The van der Waals surface area contributed by atoms with Gasteiger partial charge in [-0.25, -0.2) is 9.97 Å². The summed E-state index contributed by atoms with van der Waals surface area (Å²) in [6, 6.07) is 10.4. The number of carbonyl (C=O) groups is 1. The monoisotopic (exact) mass is 414 g/mol. The quantitative estimate of drug-likeness (QED) is 0.554. The average molecular weight is 415 g/mol. The Labute approximate surface area is 177 Å². The van der Waals surface area contributed by atoms with Crippen molar-refractivity contribution >= 4 is 17.7 Å². The maximum absolute atomic E-state index is 12.9. The second kappa shape index (κ2) is 10.2. The van der Waals surface area contributed by atoms with E-state index < -0.39 is 0 Å². The number of thioether (sulfide) groups is 1. The van der Waals surface area contributed by atoms with E-state index in [1.54, 1.807) is 0 Å². The minimum absolute atomic E-state index is 0.0229. The van der Waals surface area contributed by atoms with Crippen molar-refractivity contribution in [3.8, 4) is 0 Å². The third kappa shape index (κ3) is 5.78. The summed E-state index contributed by atoms with van der Waals surface area (Å²) in [6.07, 6.45) is 1.92. The Bertz CT molecular complexity index is 829. The molecule has 6 nitrogen and oxygen atoms in total. The predicted molar refractivity (Wildman–Crippen MR) is 116 cm³/mol. The van der Waals surface area contributed by atoms with Crippen LogP contribution in [-0.2, 0) is 11.3 Å². The van der Waals surface area contributed by atoms with Gasteiger partial charge in [0.15, 0.2) is 0 Å². The molecule has 1 aliphatic heterocycles. The van der Waals surface area contributed by atoms with Crippen molar-refractivity contribution in [1.82, 2.24) is 20.2 Å². The van der Waals surface area contributed by atoms with Crippen LogP contribution in [0.4, 0.5) is 0 Å². The molecule has 1 aromatic carbocycles. The molecular weight excluding hydrogens is 384 g/mol. The summed E-state index contributed by atoms with van der Waals surface area (Å²) in [5.41, 5.74) is 2.58. The van der Waals surface area contributed by atoms with Crippen LogP contribution in [0.15, 0.2) is 35.4 Å². The summed E-state index contributed by atoms with van der Waals surface area (Å²) in [4.78, 5) is 24.3. The number of benzene rings is 1. The minimum atomic E-state index is -0.133. The molecule has 7 heteroatoms. The zero-order valence-electron chi connectivity index (χ0n) is 17.6. The highest BCUT2D eigenvalue weighted by molar-refractivity contribution is 7.98. The van der Waals surface area contributed by atoms with Gasteiger partial charge in [-0.05, 0) is 18.7 Å². The van der Waals surface area contributed by atoms with Crippen molar-refractivity contribution in [1.29, 1.82) is 0 Å². The van der Waals surface area contributed by atoms with Crippen molar-refractivity contribution in [2.45, 2.75) is 44.4 Å². The van der Waals surface area contributed by atoms with Gasteiger partial charge >= 0.3 is 0 Å². The summed E-state index contributed by atoms with van der Waals surface area (Å²) < 4.78 is 5.88. The van der Waals surface area contributed by atoms with Crippen molar-refractivity contribution in [2.24, 2.45) is 0 Å². The fraction of sp³-hybridized carbons (Fsp3) is 0.500. The van der Waals surface area contributed by atoms with Gasteiger partial charge < -0.3 is 10.1 Å². The SMILES string of the molecule is CSc1nc(C(C)C)nc(C)c1C(=O)NCC1CN(Cc2ccccc2)CCO1. The van der Waals surface area contributed by atoms with Crippen LogP contribution >= 0.6 is 11.8 Å². The van der Waals surface area contributed by atoms with Crippen LogP contribution in [0.5, 0.6) is 0 Å². The third-order valence-corrected chi connectivity index (χ3v) is 5.66. The molecule has 0 aliphatic carbocycles. The van der Waals surface area contributed by atoms with Gasteiger partial charge in [0.25, 0.3) is 5.91 Å². The highest BCUT2D eigenvalue weighted by Crippen LogP contribution is 2.23. The maximum atomic E-state index is 12.9. The van der Waals surface area contributed by atoms with Crippen LogP contribution in [0, 0.1) is 6.92 Å². The standard InChI is InChI=1S/C22H30N4O2S/c1-15(2)20-24-16(3)19(22(25-20)29-4)21(27)23-12-18-14-26(10-11-28-18)13-17-8-6-5-7-9-17/h5-9,15,18H,10-14H2,1-4H3,(H,23,27). The number of hydrogen-bond acceptors (Lipinski definition) is 6. The number of ether oxygens (including phenoxy) is 1. The third-order valence-electron chi connectivity index (χ3n) is 4.97. The first-order valence-corrected chi connectivity index (χ1v) is 11.3. The zero-order valence-corrected chi connectivity index (χ0v) is 18.5. The Morgan fingerprint density at radius 3 is 2.76 bits per heavy atom. The zero-order chi connectivity index (χ0) is 20.8. The molecule has 1 saturated heterocycles. The van der Waals surface area contributed by atoms with E-state index in [1.165, 1.54) is 17.3 Å². The maximum Gasteiger partial charge on any atom is 0.255 e. The van der Waals surface area contributed by atoms with E-state index in [9.17, 15) is 4.79 Å². The molecule has 156 valence electrons. The number of morpholine rings is 1. The van der Waals surface area contributed by atoms with Crippen molar-refractivity contribution < 1.29 is 9.53 Å². The molecule has 1 aliphatic rings. The molecule has 0 spiro atoms. The van der Waals surface area contributed by atoms with E-state index in [0.717, 1.165) is 36.2 Å². The van der Waals surface area contributed by atoms with Crippen LogP contribution < -0.4 is 5.32 Å². The minimum Gasteiger partial charge on any atom is -0.374 e. The van der Waals surface area contributed by atoms with E-state index in [1.807, 2.05) is 19.2 Å². The first-order valence-electron chi connectivity index (χ1n) is 10.1. The van der Waals surface area contributed by atoms with Crippen LogP contribution in [0.25, 0.3) is 0 Å². The highest BCUT2D eigenvalue weighted by Gasteiger charge is 2.23. The van der Waals surface area contributed by atoms with E-state index >= 15 is 0 Å². The van der Waals surface area contributed by atoms with E-state index in [4.69, 9.17) is 4.74 Å². The number of rotatable bonds is 7. The van der Waals surface area contributed by atoms with Crippen molar-refractivity contribution in [3.63, 3.8) is 0 Å². The Morgan fingerprint density at radius 1 is 1.31 bits per heavy atom. The van der Waals surface area contributed by atoms with E-state index in [-0.39, 0.29) is 17.9 Å². The fourth-order valence-corrected chi connectivity index (χ4v) is 4.05. The van der Waals surface area contributed by atoms with Crippen molar-refractivity contribution in [3.05, 3.63) is 53.0 Å². The Balaban J connectivity index is 1.60. The van der Waals surface area contributed by atoms with Gasteiger partial charge in [0.05, 0.1) is 24.0 Å². The summed E-state index contributed by atoms with van der Waals surface area (Å²) >= 11 is 1.48. The molecule has 2 aromatic rings. The normalized spacial score (nSPS) is 17.5. The van der Waals surface area contributed by atoms with Gasteiger partial charge in [0.1, 0.15) is 10.9 Å². The molecule has 1 aromatic heterocycles. The first-order chi connectivity index (χ1) is 14.0. The summed E-state index contributed by atoms with van der Waals surface area (Å²) in [7, 11) is 0. The number of amides is 1. The Kier molecular flexibility index (Phi) is 7.64. The summed E-state index contributed by atoms with van der Waals surface area (Å²) in [5.74, 6) is 0.865. The smallest absolute Gasteiger partial charge is 0.255 e. The molecule has 3 rings (SSSR count). The van der Waals surface area contributed by atoms with Gasteiger partial charge in [0, 0.05) is 32.1 Å². The average Bonchev–Trinajstić information content (AvgIpc) is 2.72. The second-order valence-electron chi connectivity index (χ2n) is 7.63. The van der Waals surface area contributed by atoms with E-state index in [2.05, 4.69) is 58.3 Å². The predicted octanol–water partition coefficient (Wildman–Crippen LogP) is 3.26. The molecule has 1 fully saturated rings. The Hall–Kier alpha value is -1.96. The lowest BCUT2D eigenvalue weighted by Crippen LogP contribution is -2.47. The lowest BCUT2D eigenvalue weighted by molar-refractivity contribution is -0.0292. The second-order valence-corrected chi connectivity index (χ2v) is 8.42. The molecule has 1 atom stereocenters. The lowest BCUT2D eigenvalue weighted by atomic mass is 10.1. The van der Waals surface area contributed by atoms with E-state index in [0.29, 0.717) is 18.7 Å². The Morgan fingerprint density at radius 2 is 2.07 bits per heavy atom. The largest absolute Gasteiger partial charge is 0.374 e. The molecule has 0 radical (unpaired) electrons. The molecule has 1 amide bonds. The lowest BCUT2D eigenvalue weighted by Gasteiger charge is -2.33. The molecule has 0 saturated carbocycles. The molecule has 1 unspecified atom stereocenters. The fourth-order valence-electron chi connectivity index (χ4n) is 3.42. The summed E-state index contributed by atoms with van der Waals surface area (Å²) in [5, 5.41) is 3.76. The number of nitrogens with one attached hydrogen (secondary N) is 1. The number of aryl methyl sites for hydroxylation is 1. The molecular formula is C22H30N4O2S. The van der Waals surface area contributed by atoms with Crippen LogP contribution in [-0.4, -0.2) is 59.4 Å². The summed E-state index contributed by atoms with van der Waals surface area (Å²) in [6.45, 7) is 9.74. The molecule has 1 N–H and O–H groups in total. The number of aromatic nitrogens is 2. The molecule has 2 heterocycles. The number of carbonyl (C=O) groups excluding carboxylic acids is 1. The topological polar surface area (TPSA) is 67.4 Å². The van der Waals surface area contributed by atoms with Crippen LogP contribution in [0.1, 0.15) is 47.2 Å². The van der Waals surface area contributed by atoms with Gasteiger partial charge in [-0.2, -0.15) is 0 Å². The van der Waals surface area contributed by atoms with Gasteiger partial charge in [-0.3, -0.25) is 9.69 Å². The van der Waals surface area contributed by atoms with Crippen LogP contribution in [0.3, 0.4) is 0 Å². The first kappa shape index (κ1) is 21.7. The molecule has 29 heavy (non-hydrogen) atoms. The van der Waals surface area contributed by atoms with Gasteiger partial charge in [-0.1, -0.05) is 44.2 Å².